The van der Waals surface area contributed by atoms with Gasteiger partial charge < -0.3 is 14.5 Å². The highest BCUT2D eigenvalue weighted by atomic mass is 16.5. The van der Waals surface area contributed by atoms with E-state index in [2.05, 4.69) is 15.1 Å². The van der Waals surface area contributed by atoms with Gasteiger partial charge in [-0.2, -0.15) is 0 Å². The van der Waals surface area contributed by atoms with Gasteiger partial charge in [0.1, 0.15) is 17.8 Å². The number of rotatable bonds is 3. The molecule has 0 atom stereocenters. The second-order valence-electron chi connectivity index (χ2n) is 3.40. The van der Waals surface area contributed by atoms with Gasteiger partial charge in [0.2, 0.25) is 11.5 Å². The van der Waals surface area contributed by atoms with Gasteiger partial charge in [-0.25, -0.2) is 9.97 Å². The lowest BCUT2D eigenvalue weighted by atomic mass is 10.4. The fraction of sp³-hybridized carbons (Fsp3) is 0.333. The maximum absolute atomic E-state index is 10.5. The smallest absolute Gasteiger partial charge is 0.323 e. The van der Waals surface area contributed by atoms with Crippen molar-refractivity contribution in [1.82, 2.24) is 15.1 Å². The van der Waals surface area contributed by atoms with Gasteiger partial charge in [0, 0.05) is 7.05 Å². The van der Waals surface area contributed by atoms with E-state index in [1.54, 1.807) is 14.0 Å². The van der Waals surface area contributed by atoms with Crippen LogP contribution in [0.2, 0.25) is 0 Å². The average molecular weight is 222 g/mol. The van der Waals surface area contributed by atoms with E-state index in [1.807, 2.05) is 0 Å². The summed E-state index contributed by atoms with van der Waals surface area (Å²) < 4.78 is 4.95. The standard InChI is InChI=1S/C9H10N4O3/c1-5-8-6(16-12-5)3-10-9(11-8)13(2)4-7(14)15/h3H,4H2,1-2H3,(H,14,15). The molecule has 0 spiro atoms. The Balaban J connectivity index is 2.38. The normalized spacial score (nSPS) is 10.6. The summed E-state index contributed by atoms with van der Waals surface area (Å²) in [5.74, 6) is -0.602. The molecule has 7 nitrogen and oxygen atoms in total. The molecule has 0 saturated carbocycles. The van der Waals surface area contributed by atoms with Crippen LogP contribution in [-0.4, -0.2) is 39.8 Å². The van der Waals surface area contributed by atoms with Crippen molar-refractivity contribution in [2.75, 3.05) is 18.5 Å². The Morgan fingerprint density at radius 3 is 3.06 bits per heavy atom. The lowest BCUT2D eigenvalue weighted by Crippen LogP contribution is -2.26. The van der Waals surface area contributed by atoms with Crippen LogP contribution in [0.15, 0.2) is 10.7 Å². The van der Waals surface area contributed by atoms with Gasteiger partial charge in [0.25, 0.3) is 0 Å². The zero-order valence-corrected chi connectivity index (χ0v) is 8.84. The summed E-state index contributed by atoms with van der Waals surface area (Å²) in [6, 6.07) is 0. The van der Waals surface area contributed by atoms with Crippen LogP contribution in [-0.2, 0) is 4.79 Å². The van der Waals surface area contributed by atoms with Crippen molar-refractivity contribution in [1.29, 1.82) is 0 Å². The third-order valence-corrected chi connectivity index (χ3v) is 2.08. The fourth-order valence-corrected chi connectivity index (χ4v) is 1.31. The lowest BCUT2D eigenvalue weighted by Gasteiger charge is -2.13. The summed E-state index contributed by atoms with van der Waals surface area (Å²) in [4.78, 5) is 20.1. The Morgan fingerprint density at radius 2 is 2.38 bits per heavy atom. The van der Waals surface area contributed by atoms with Crippen LogP contribution in [0.25, 0.3) is 11.1 Å². The first-order valence-electron chi connectivity index (χ1n) is 4.60. The molecule has 0 aromatic carbocycles. The van der Waals surface area contributed by atoms with Gasteiger partial charge in [0.05, 0.1) is 6.20 Å². The second kappa shape index (κ2) is 3.76. The molecule has 0 unspecified atom stereocenters. The molecule has 2 rings (SSSR count). The predicted molar refractivity (Wildman–Crippen MR) is 55.2 cm³/mol. The summed E-state index contributed by atoms with van der Waals surface area (Å²) in [7, 11) is 1.61. The highest BCUT2D eigenvalue weighted by Gasteiger charge is 2.12. The summed E-state index contributed by atoms with van der Waals surface area (Å²) >= 11 is 0. The molecule has 84 valence electrons. The zero-order valence-electron chi connectivity index (χ0n) is 8.84. The van der Waals surface area contributed by atoms with E-state index in [0.717, 1.165) is 0 Å². The van der Waals surface area contributed by atoms with Crippen LogP contribution in [0.4, 0.5) is 5.95 Å². The maximum atomic E-state index is 10.5. The van der Waals surface area contributed by atoms with E-state index < -0.39 is 5.97 Å². The maximum Gasteiger partial charge on any atom is 0.323 e. The first kappa shape index (κ1) is 10.3. The van der Waals surface area contributed by atoms with Crippen molar-refractivity contribution in [2.24, 2.45) is 0 Å². The summed E-state index contributed by atoms with van der Waals surface area (Å²) in [5, 5.41) is 12.4. The van der Waals surface area contributed by atoms with Gasteiger partial charge in [-0.15, -0.1) is 0 Å². The molecule has 0 fully saturated rings. The Labute approximate surface area is 90.7 Å². The van der Waals surface area contributed by atoms with Gasteiger partial charge in [-0.3, -0.25) is 4.79 Å². The highest BCUT2D eigenvalue weighted by molar-refractivity contribution is 5.76. The van der Waals surface area contributed by atoms with Gasteiger partial charge >= 0.3 is 5.97 Å². The number of likely N-dealkylation sites (N-methyl/N-ethyl adjacent to an activating group) is 1. The summed E-state index contributed by atoms with van der Waals surface area (Å²) in [6.07, 6.45) is 1.48. The van der Waals surface area contributed by atoms with E-state index in [4.69, 9.17) is 9.63 Å². The SMILES string of the molecule is Cc1noc2cnc(N(C)CC(=O)O)nc12. The third kappa shape index (κ3) is 1.79. The monoisotopic (exact) mass is 222 g/mol. The highest BCUT2D eigenvalue weighted by Crippen LogP contribution is 2.16. The number of anilines is 1. The van der Waals surface area contributed by atoms with E-state index >= 15 is 0 Å². The molecule has 7 heteroatoms. The fourth-order valence-electron chi connectivity index (χ4n) is 1.31. The van der Waals surface area contributed by atoms with Crippen molar-refractivity contribution < 1.29 is 14.4 Å². The van der Waals surface area contributed by atoms with E-state index in [9.17, 15) is 4.79 Å². The van der Waals surface area contributed by atoms with Crippen LogP contribution in [0.3, 0.4) is 0 Å². The van der Waals surface area contributed by atoms with Crippen molar-refractivity contribution in [3.05, 3.63) is 11.9 Å². The van der Waals surface area contributed by atoms with E-state index in [0.29, 0.717) is 22.7 Å². The second-order valence-corrected chi connectivity index (χ2v) is 3.40. The third-order valence-electron chi connectivity index (χ3n) is 2.08. The van der Waals surface area contributed by atoms with Crippen LogP contribution in [0.5, 0.6) is 0 Å². The lowest BCUT2D eigenvalue weighted by molar-refractivity contribution is -0.135. The van der Waals surface area contributed by atoms with E-state index in [-0.39, 0.29) is 6.54 Å². The van der Waals surface area contributed by atoms with Crippen molar-refractivity contribution in [3.8, 4) is 0 Å². The van der Waals surface area contributed by atoms with Crippen molar-refractivity contribution in [2.45, 2.75) is 6.92 Å². The number of aryl methyl sites for hydroxylation is 1. The molecule has 2 aromatic heterocycles. The molecule has 1 N–H and O–H groups in total. The van der Waals surface area contributed by atoms with Gasteiger partial charge in [0.15, 0.2) is 0 Å². The average Bonchev–Trinajstić information content (AvgIpc) is 2.59. The molecule has 0 radical (unpaired) electrons. The Hall–Kier alpha value is -2.18. The van der Waals surface area contributed by atoms with Crippen LogP contribution in [0.1, 0.15) is 5.69 Å². The molecular formula is C9H10N4O3. The molecule has 0 aliphatic rings. The van der Waals surface area contributed by atoms with E-state index in [1.165, 1.54) is 11.1 Å². The number of hydrogen-bond acceptors (Lipinski definition) is 6. The number of carboxylic acids is 1. The van der Waals surface area contributed by atoms with Gasteiger partial charge in [-0.05, 0) is 6.92 Å². The molecule has 0 amide bonds. The van der Waals surface area contributed by atoms with Crippen LogP contribution in [0, 0.1) is 6.92 Å². The molecule has 0 bridgehead atoms. The van der Waals surface area contributed by atoms with Crippen molar-refractivity contribution >= 4 is 23.0 Å². The number of nitrogens with zero attached hydrogens (tertiary/aromatic N) is 4. The Kier molecular flexibility index (Phi) is 2.43. The first-order chi connectivity index (χ1) is 7.58. The molecule has 2 aromatic rings. The minimum absolute atomic E-state index is 0.157. The molecule has 2 heterocycles. The largest absolute Gasteiger partial charge is 0.480 e. The zero-order chi connectivity index (χ0) is 11.7. The number of carbonyl (C=O) groups is 1. The Morgan fingerprint density at radius 1 is 1.62 bits per heavy atom. The first-order valence-corrected chi connectivity index (χ1v) is 4.60. The quantitative estimate of drug-likeness (QED) is 0.805. The summed E-state index contributed by atoms with van der Waals surface area (Å²) in [5.41, 5.74) is 1.74. The molecule has 0 aliphatic heterocycles. The number of fused-ring (bicyclic) bond motifs is 1. The number of carboxylic acid groups (broad SMARTS) is 1. The molecule has 0 aliphatic carbocycles. The number of hydrogen-bond donors (Lipinski definition) is 1. The van der Waals surface area contributed by atoms with Gasteiger partial charge in [-0.1, -0.05) is 5.16 Å². The van der Waals surface area contributed by atoms with Crippen molar-refractivity contribution in [3.63, 3.8) is 0 Å². The van der Waals surface area contributed by atoms with Crippen LogP contribution >= 0.6 is 0 Å². The molecular weight excluding hydrogens is 212 g/mol. The minimum Gasteiger partial charge on any atom is -0.480 e. The minimum atomic E-state index is -0.937. The topological polar surface area (TPSA) is 92.4 Å². The number of aromatic nitrogens is 3. The Bertz CT molecular complexity index is 537. The number of aliphatic carboxylic acids is 1. The molecule has 16 heavy (non-hydrogen) atoms. The predicted octanol–water partition coefficient (Wildman–Crippen LogP) is 0.447. The molecule has 0 saturated heterocycles. The van der Waals surface area contributed by atoms with Crippen LogP contribution < -0.4 is 4.90 Å². The summed E-state index contributed by atoms with van der Waals surface area (Å²) in [6.45, 7) is 1.61.